The number of carbonyl (C=O) groups excluding carboxylic acids is 2. The lowest BCUT2D eigenvalue weighted by molar-refractivity contribution is -0.119. The van der Waals surface area contributed by atoms with E-state index < -0.39 is 18.5 Å². The summed E-state index contributed by atoms with van der Waals surface area (Å²) in [5.74, 6) is -0.588. The van der Waals surface area contributed by atoms with Gasteiger partial charge in [0.15, 0.2) is 18.1 Å². The van der Waals surface area contributed by atoms with Crippen LogP contribution in [0.15, 0.2) is 39.6 Å². The third-order valence-electron chi connectivity index (χ3n) is 3.73. The minimum absolute atomic E-state index is 0.0104. The molecule has 0 aliphatic rings. The summed E-state index contributed by atoms with van der Waals surface area (Å²) < 4.78 is 11.1. The summed E-state index contributed by atoms with van der Waals surface area (Å²) >= 11 is 0. The summed E-state index contributed by atoms with van der Waals surface area (Å²) in [7, 11) is 0. The standard InChI is InChI=1S/C18H18N4O5/c1-3-8-22-17(24)13-7-5-4-6-12(13)16(20-22)18(25)26-10-15(23)19-14-9-11(2)27-21-14/h4-7,9H,3,8,10H2,1-2H3,(H,19,21,23). The van der Waals surface area contributed by atoms with Gasteiger partial charge in [0.05, 0.1) is 5.39 Å². The molecule has 0 bridgehead atoms. The molecule has 140 valence electrons. The van der Waals surface area contributed by atoms with Gasteiger partial charge in [-0.1, -0.05) is 30.3 Å². The van der Waals surface area contributed by atoms with Gasteiger partial charge in [-0.2, -0.15) is 5.10 Å². The van der Waals surface area contributed by atoms with Crippen molar-refractivity contribution in [2.75, 3.05) is 11.9 Å². The molecule has 9 nitrogen and oxygen atoms in total. The highest BCUT2D eigenvalue weighted by Crippen LogP contribution is 2.14. The maximum absolute atomic E-state index is 12.5. The summed E-state index contributed by atoms with van der Waals surface area (Å²) in [5, 5.41) is 11.0. The van der Waals surface area contributed by atoms with Crippen LogP contribution in [0, 0.1) is 6.92 Å². The first-order chi connectivity index (χ1) is 13.0. The number of aryl methyl sites for hydroxylation is 2. The molecule has 3 rings (SSSR count). The number of hydrogen-bond donors (Lipinski definition) is 1. The molecule has 0 spiro atoms. The highest BCUT2D eigenvalue weighted by atomic mass is 16.5. The Hall–Kier alpha value is -3.49. The van der Waals surface area contributed by atoms with Crippen molar-refractivity contribution in [1.29, 1.82) is 0 Å². The molecule has 0 saturated heterocycles. The summed E-state index contributed by atoms with van der Waals surface area (Å²) in [6.07, 6.45) is 0.680. The van der Waals surface area contributed by atoms with E-state index in [-0.39, 0.29) is 17.1 Å². The number of carbonyl (C=O) groups is 2. The molecule has 27 heavy (non-hydrogen) atoms. The average molecular weight is 370 g/mol. The number of fused-ring (bicyclic) bond motifs is 1. The van der Waals surface area contributed by atoms with Gasteiger partial charge in [0.1, 0.15) is 5.76 Å². The van der Waals surface area contributed by atoms with Crippen molar-refractivity contribution in [1.82, 2.24) is 14.9 Å². The lowest BCUT2D eigenvalue weighted by Gasteiger charge is -2.10. The van der Waals surface area contributed by atoms with Gasteiger partial charge in [-0.15, -0.1) is 0 Å². The van der Waals surface area contributed by atoms with E-state index in [9.17, 15) is 14.4 Å². The molecule has 0 fully saturated rings. The Balaban J connectivity index is 1.79. The van der Waals surface area contributed by atoms with Crippen molar-refractivity contribution >= 4 is 28.5 Å². The number of hydrogen-bond acceptors (Lipinski definition) is 7. The third-order valence-corrected chi connectivity index (χ3v) is 3.73. The van der Waals surface area contributed by atoms with Gasteiger partial charge in [-0.3, -0.25) is 9.59 Å². The zero-order chi connectivity index (χ0) is 19.4. The topological polar surface area (TPSA) is 116 Å². The molecule has 0 aliphatic heterocycles. The fourth-order valence-corrected chi connectivity index (χ4v) is 2.55. The van der Waals surface area contributed by atoms with E-state index in [1.807, 2.05) is 6.92 Å². The van der Waals surface area contributed by atoms with Crippen LogP contribution in [0.25, 0.3) is 10.8 Å². The predicted octanol–water partition coefficient (Wildman–Crippen LogP) is 1.90. The number of ether oxygens (including phenoxy) is 1. The first-order valence-electron chi connectivity index (χ1n) is 8.39. The largest absolute Gasteiger partial charge is 0.451 e. The van der Waals surface area contributed by atoms with Gasteiger partial charge in [0.2, 0.25) is 0 Å². The average Bonchev–Trinajstić information content (AvgIpc) is 3.07. The van der Waals surface area contributed by atoms with E-state index in [1.54, 1.807) is 31.2 Å². The molecule has 0 aliphatic carbocycles. The van der Waals surface area contributed by atoms with Crippen LogP contribution in [-0.4, -0.2) is 33.4 Å². The van der Waals surface area contributed by atoms with E-state index in [2.05, 4.69) is 15.6 Å². The Morgan fingerprint density at radius 3 is 2.67 bits per heavy atom. The Morgan fingerprint density at radius 1 is 1.26 bits per heavy atom. The van der Waals surface area contributed by atoms with Crippen LogP contribution < -0.4 is 10.9 Å². The number of anilines is 1. The third kappa shape index (κ3) is 4.02. The number of nitrogens with one attached hydrogen (secondary N) is 1. The molecule has 1 amide bonds. The van der Waals surface area contributed by atoms with Crippen LogP contribution in [0.4, 0.5) is 5.82 Å². The fraction of sp³-hybridized carbons (Fsp3) is 0.278. The minimum atomic E-state index is -0.789. The van der Waals surface area contributed by atoms with E-state index >= 15 is 0 Å². The molecule has 0 unspecified atom stereocenters. The van der Waals surface area contributed by atoms with Crippen LogP contribution in [0.2, 0.25) is 0 Å². The van der Waals surface area contributed by atoms with E-state index in [4.69, 9.17) is 9.26 Å². The van der Waals surface area contributed by atoms with Crippen molar-refractivity contribution in [3.8, 4) is 0 Å². The lowest BCUT2D eigenvalue weighted by Crippen LogP contribution is -2.27. The number of aromatic nitrogens is 3. The number of nitrogens with zero attached hydrogens (tertiary/aromatic N) is 3. The highest BCUT2D eigenvalue weighted by molar-refractivity contribution is 6.03. The SMILES string of the molecule is CCCn1nc(C(=O)OCC(=O)Nc2cc(C)on2)c2ccccc2c1=O. The maximum atomic E-state index is 12.5. The highest BCUT2D eigenvalue weighted by Gasteiger charge is 2.19. The van der Waals surface area contributed by atoms with Crippen molar-refractivity contribution in [3.63, 3.8) is 0 Å². The number of amides is 1. The van der Waals surface area contributed by atoms with Gasteiger partial charge in [0, 0.05) is 18.0 Å². The van der Waals surface area contributed by atoms with Crippen molar-refractivity contribution in [2.45, 2.75) is 26.8 Å². The molecule has 2 heterocycles. The van der Waals surface area contributed by atoms with Gasteiger partial charge >= 0.3 is 5.97 Å². The Labute approximate surface area is 153 Å². The number of benzene rings is 1. The first-order valence-corrected chi connectivity index (χ1v) is 8.39. The predicted molar refractivity (Wildman–Crippen MR) is 96.4 cm³/mol. The Kier molecular flexibility index (Phi) is 5.30. The summed E-state index contributed by atoms with van der Waals surface area (Å²) in [5.41, 5.74) is -0.285. The van der Waals surface area contributed by atoms with Crippen LogP contribution >= 0.6 is 0 Å². The summed E-state index contributed by atoms with van der Waals surface area (Å²) in [6, 6.07) is 8.19. The van der Waals surface area contributed by atoms with Crippen molar-refractivity contribution in [2.24, 2.45) is 0 Å². The lowest BCUT2D eigenvalue weighted by atomic mass is 10.1. The summed E-state index contributed by atoms with van der Waals surface area (Å²) in [4.78, 5) is 36.8. The maximum Gasteiger partial charge on any atom is 0.359 e. The Morgan fingerprint density at radius 2 is 2.00 bits per heavy atom. The molecular formula is C18H18N4O5. The monoisotopic (exact) mass is 370 g/mol. The van der Waals surface area contributed by atoms with Crippen LogP contribution in [-0.2, 0) is 16.1 Å². The van der Waals surface area contributed by atoms with Crippen LogP contribution in [0.5, 0.6) is 0 Å². The Bertz CT molecular complexity index is 1050. The van der Waals surface area contributed by atoms with Gasteiger partial charge < -0.3 is 14.6 Å². The quantitative estimate of drug-likeness (QED) is 0.659. The zero-order valence-corrected chi connectivity index (χ0v) is 14.9. The van der Waals surface area contributed by atoms with E-state index in [0.29, 0.717) is 29.5 Å². The van der Waals surface area contributed by atoms with Crippen molar-refractivity contribution in [3.05, 3.63) is 52.1 Å². The fourth-order valence-electron chi connectivity index (χ4n) is 2.55. The minimum Gasteiger partial charge on any atom is -0.451 e. The zero-order valence-electron chi connectivity index (χ0n) is 14.9. The molecule has 1 N–H and O–H groups in total. The van der Waals surface area contributed by atoms with E-state index in [0.717, 1.165) is 0 Å². The van der Waals surface area contributed by atoms with Gasteiger partial charge in [0.25, 0.3) is 11.5 Å². The molecule has 9 heteroatoms. The number of rotatable bonds is 6. The molecule has 2 aromatic heterocycles. The molecule has 0 radical (unpaired) electrons. The van der Waals surface area contributed by atoms with Crippen molar-refractivity contribution < 1.29 is 18.8 Å². The molecule has 1 aromatic carbocycles. The second-order valence-electron chi connectivity index (χ2n) is 5.87. The smallest absolute Gasteiger partial charge is 0.359 e. The second-order valence-corrected chi connectivity index (χ2v) is 5.87. The van der Waals surface area contributed by atoms with Crippen LogP contribution in [0.1, 0.15) is 29.6 Å². The van der Waals surface area contributed by atoms with Gasteiger partial charge in [-0.25, -0.2) is 9.48 Å². The number of esters is 1. The van der Waals surface area contributed by atoms with Gasteiger partial charge in [-0.05, 0) is 19.4 Å². The summed E-state index contributed by atoms with van der Waals surface area (Å²) in [6.45, 7) is 3.44. The normalized spacial score (nSPS) is 10.7. The second kappa shape index (κ2) is 7.81. The molecule has 0 atom stereocenters. The molecule has 3 aromatic rings. The molecule has 0 saturated carbocycles. The van der Waals surface area contributed by atoms with E-state index in [1.165, 1.54) is 10.7 Å². The first kappa shape index (κ1) is 18.3. The van der Waals surface area contributed by atoms with Crippen LogP contribution in [0.3, 0.4) is 0 Å². The molecular weight excluding hydrogens is 352 g/mol.